The summed E-state index contributed by atoms with van der Waals surface area (Å²) in [5.74, 6) is 1.88. The molecule has 1 aliphatic rings. The van der Waals surface area contributed by atoms with E-state index in [-0.39, 0.29) is 12.4 Å². The summed E-state index contributed by atoms with van der Waals surface area (Å²) in [6.45, 7) is 1.99. The Labute approximate surface area is 103 Å². The minimum Gasteiger partial charge on any atom is -0.339 e. The third-order valence-electron chi connectivity index (χ3n) is 2.59. The van der Waals surface area contributed by atoms with E-state index in [1.54, 1.807) is 11.3 Å². The zero-order valence-corrected chi connectivity index (χ0v) is 10.2. The summed E-state index contributed by atoms with van der Waals surface area (Å²) in [4.78, 5) is 5.49. The molecule has 6 heteroatoms. The third kappa shape index (κ3) is 2.11. The van der Waals surface area contributed by atoms with Crippen molar-refractivity contribution in [1.82, 2.24) is 15.5 Å². The highest BCUT2D eigenvalue weighted by molar-refractivity contribution is 7.13. The SMILES string of the molecule is Cl.c1csc(-c2noc(C3CCNC3)n2)c1. The Morgan fingerprint density at radius 2 is 2.44 bits per heavy atom. The summed E-state index contributed by atoms with van der Waals surface area (Å²) in [7, 11) is 0. The second-order valence-electron chi connectivity index (χ2n) is 3.62. The smallest absolute Gasteiger partial charge is 0.231 e. The molecule has 0 amide bonds. The lowest BCUT2D eigenvalue weighted by atomic mass is 10.1. The van der Waals surface area contributed by atoms with Crippen LogP contribution in [0, 0.1) is 0 Å². The van der Waals surface area contributed by atoms with Gasteiger partial charge in [0.1, 0.15) is 0 Å². The molecule has 1 unspecified atom stereocenters. The van der Waals surface area contributed by atoms with E-state index < -0.39 is 0 Å². The maximum atomic E-state index is 5.28. The molecule has 0 radical (unpaired) electrons. The third-order valence-corrected chi connectivity index (χ3v) is 3.46. The van der Waals surface area contributed by atoms with Gasteiger partial charge in [0, 0.05) is 6.54 Å². The molecular formula is C10H12ClN3OS. The van der Waals surface area contributed by atoms with Gasteiger partial charge in [-0.1, -0.05) is 11.2 Å². The molecule has 2 aromatic rings. The Balaban J connectivity index is 0.000000963. The second kappa shape index (κ2) is 4.95. The molecule has 4 nitrogen and oxygen atoms in total. The zero-order chi connectivity index (χ0) is 10.1. The van der Waals surface area contributed by atoms with Crippen LogP contribution >= 0.6 is 23.7 Å². The van der Waals surface area contributed by atoms with Crippen LogP contribution in [0.1, 0.15) is 18.2 Å². The summed E-state index contributed by atoms with van der Waals surface area (Å²) >= 11 is 1.63. The van der Waals surface area contributed by atoms with Gasteiger partial charge in [-0.2, -0.15) is 4.98 Å². The van der Waals surface area contributed by atoms with Gasteiger partial charge in [-0.05, 0) is 24.4 Å². The normalized spacial score (nSPS) is 19.6. The van der Waals surface area contributed by atoms with Crippen LogP contribution in [-0.2, 0) is 0 Å². The van der Waals surface area contributed by atoms with Crippen molar-refractivity contribution >= 4 is 23.7 Å². The molecule has 2 aromatic heterocycles. The number of rotatable bonds is 2. The molecule has 1 fully saturated rings. The van der Waals surface area contributed by atoms with Gasteiger partial charge in [-0.3, -0.25) is 0 Å². The number of nitrogens with one attached hydrogen (secondary N) is 1. The average molecular weight is 258 g/mol. The predicted octanol–water partition coefficient (Wildman–Crippen LogP) is 2.30. The topological polar surface area (TPSA) is 51.0 Å². The molecule has 1 saturated heterocycles. The van der Waals surface area contributed by atoms with Crippen LogP contribution in [-0.4, -0.2) is 23.2 Å². The van der Waals surface area contributed by atoms with Crippen molar-refractivity contribution in [2.45, 2.75) is 12.3 Å². The first-order chi connectivity index (χ1) is 7.43. The summed E-state index contributed by atoms with van der Waals surface area (Å²) in [5.41, 5.74) is 0. The maximum Gasteiger partial charge on any atom is 0.231 e. The first-order valence-electron chi connectivity index (χ1n) is 5.01. The number of halogens is 1. The molecule has 1 N–H and O–H groups in total. The standard InChI is InChI=1S/C10H11N3OS.ClH/c1-2-8(15-5-1)9-12-10(14-13-9)7-3-4-11-6-7;/h1-2,5,7,11H,3-4,6H2;1H. The van der Waals surface area contributed by atoms with E-state index in [0.717, 1.165) is 30.3 Å². The van der Waals surface area contributed by atoms with Gasteiger partial charge in [0.15, 0.2) is 0 Å². The Hall–Kier alpha value is -0.910. The molecule has 3 rings (SSSR count). The fraction of sp³-hybridized carbons (Fsp3) is 0.400. The van der Waals surface area contributed by atoms with Crippen molar-refractivity contribution < 1.29 is 4.52 Å². The molecule has 0 spiro atoms. The lowest BCUT2D eigenvalue weighted by Crippen LogP contribution is -2.08. The van der Waals surface area contributed by atoms with E-state index in [9.17, 15) is 0 Å². The first kappa shape index (κ1) is 11.6. The molecule has 1 atom stereocenters. The number of hydrogen-bond acceptors (Lipinski definition) is 5. The lowest BCUT2D eigenvalue weighted by Gasteiger charge is -1.98. The van der Waals surface area contributed by atoms with Crippen LogP contribution < -0.4 is 5.32 Å². The van der Waals surface area contributed by atoms with Crippen LogP contribution in [0.4, 0.5) is 0 Å². The van der Waals surface area contributed by atoms with Gasteiger partial charge in [-0.15, -0.1) is 23.7 Å². The van der Waals surface area contributed by atoms with E-state index in [4.69, 9.17) is 4.52 Å². The molecule has 0 saturated carbocycles. The van der Waals surface area contributed by atoms with Crippen molar-refractivity contribution in [1.29, 1.82) is 0 Å². The molecule has 0 bridgehead atoms. The summed E-state index contributed by atoms with van der Waals surface area (Å²) in [6.07, 6.45) is 1.09. The maximum absolute atomic E-state index is 5.28. The lowest BCUT2D eigenvalue weighted by molar-refractivity contribution is 0.359. The fourth-order valence-electron chi connectivity index (χ4n) is 1.77. The quantitative estimate of drug-likeness (QED) is 0.897. The van der Waals surface area contributed by atoms with Crippen molar-refractivity contribution in [2.75, 3.05) is 13.1 Å². The molecule has 16 heavy (non-hydrogen) atoms. The molecule has 1 aliphatic heterocycles. The minimum absolute atomic E-state index is 0. The fourth-order valence-corrected chi connectivity index (χ4v) is 2.42. The average Bonchev–Trinajstić information content (AvgIpc) is 3.02. The Bertz CT molecular complexity index is 437. The number of thiophene rings is 1. The summed E-state index contributed by atoms with van der Waals surface area (Å²) in [5, 5.41) is 9.31. The highest BCUT2D eigenvalue weighted by atomic mass is 35.5. The highest BCUT2D eigenvalue weighted by Gasteiger charge is 2.23. The van der Waals surface area contributed by atoms with Crippen LogP contribution in [0.5, 0.6) is 0 Å². The highest BCUT2D eigenvalue weighted by Crippen LogP contribution is 2.25. The van der Waals surface area contributed by atoms with Crippen molar-refractivity contribution in [3.05, 3.63) is 23.4 Å². The van der Waals surface area contributed by atoms with E-state index in [2.05, 4.69) is 15.5 Å². The minimum atomic E-state index is 0. The van der Waals surface area contributed by atoms with Gasteiger partial charge in [-0.25, -0.2) is 0 Å². The Morgan fingerprint density at radius 3 is 3.12 bits per heavy atom. The summed E-state index contributed by atoms with van der Waals surface area (Å²) in [6, 6.07) is 4.00. The van der Waals surface area contributed by atoms with Gasteiger partial charge >= 0.3 is 0 Å². The zero-order valence-electron chi connectivity index (χ0n) is 8.55. The van der Waals surface area contributed by atoms with Gasteiger partial charge in [0.2, 0.25) is 11.7 Å². The van der Waals surface area contributed by atoms with Crippen LogP contribution in [0.3, 0.4) is 0 Å². The van der Waals surface area contributed by atoms with Gasteiger partial charge in [0.25, 0.3) is 0 Å². The van der Waals surface area contributed by atoms with Gasteiger partial charge in [0.05, 0.1) is 10.8 Å². The number of nitrogens with zero attached hydrogens (tertiary/aromatic N) is 2. The first-order valence-corrected chi connectivity index (χ1v) is 5.89. The van der Waals surface area contributed by atoms with E-state index in [0.29, 0.717) is 11.7 Å². The molecule has 0 aromatic carbocycles. The Kier molecular flexibility index (Phi) is 3.58. The van der Waals surface area contributed by atoms with Gasteiger partial charge < -0.3 is 9.84 Å². The monoisotopic (exact) mass is 257 g/mol. The number of hydrogen-bond donors (Lipinski definition) is 1. The van der Waals surface area contributed by atoms with Crippen molar-refractivity contribution in [3.63, 3.8) is 0 Å². The molecule has 0 aliphatic carbocycles. The van der Waals surface area contributed by atoms with E-state index in [1.807, 2.05) is 17.5 Å². The van der Waals surface area contributed by atoms with E-state index in [1.165, 1.54) is 0 Å². The van der Waals surface area contributed by atoms with Crippen molar-refractivity contribution in [3.8, 4) is 10.7 Å². The molecule has 86 valence electrons. The van der Waals surface area contributed by atoms with E-state index >= 15 is 0 Å². The second-order valence-corrected chi connectivity index (χ2v) is 4.57. The number of aromatic nitrogens is 2. The molecular weight excluding hydrogens is 246 g/mol. The van der Waals surface area contributed by atoms with Crippen molar-refractivity contribution in [2.24, 2.45) is 0 Å². The largest absolute Gasteiger partial charge is 0.339 e. The predicted molar refractivity (Wildman–Crippen MR) is 65.1 cm³/mol. The van der Waals surface area contributed by atoms with Crippen LogP contribution in [0.15, 0.2) is 22.0 Å². The summed E-state index contributed by atoms with van der Waals surface area (Å²) < 4.78 is 5.28. The van der Waals surface area contributed by atoms with Crippen LogP contribution in [0.2, 0.25) is 0 Å². The Morgan fingerprint density at radius 1 is 1.50 bits per heavy atom. The molecule has 3 heterocycles. The van der Waals surface area contributed by atoms with Crippen LogP contribution in [0.25, 0.3) is 10.7 Å².